The predicted molar refractivity (Wildman–Crippen MR) is 93.1 cm³/mol. The van der Waals surface area contributed by atoms with Gasteiger partial charge in [-0.1, -0.05) is 53.3 Å². The Morgan fingerprint density at radius 3 is 2.19 bits per heavy atom. The molecular weight excluding hydrogens is 348 g/mol. The van der Waals surface area contributed by atoms with Crippen LogP contribution in [0.25, 0.3) is 0 Å². The van der Waals surface area contributed by atoms with Crippen molar-refractivity contribution < 1.29 is 0 Å². The number of halogens is 4. The molecule has 1 atom stereocenters. The molecule has 1 unspecified atom stereocenters. The third-order valence-corrected chi connectivity index (χ3v) is 4.10. The summed E-state index contributed by atoms with van der Waals surface area (Å²) in [4.78, 5) is 0. The van der Waals surface area contributed by atoms with Gasteiger partial charge in [0.05, 0.1) is 6.04 Å². The molecule has 1 nitrogen and oxygen atoms in total. The van der Waals surface area contributed by atoms with E-state index in [1.54, 1.807) is 18.2 Å². The van der Waals surface area contributed by atoms with Gasteiger partial charge in [-0.05, 0) is 60.5 Å². The summed E-state index contributed by atoms with van der Waals surface area (Å²) in [5, 5.41) is 5.96. The first kappa shape index (κ1) is 16.9. The highest BCUT2D eigenvalue weighted by Crippen LogP contribution is 2.33. The molecule has 2 rings (SSSR count). The molecular formula is C16H15Cl4N. The van der Waals surface area contributed by atoms with Crippen molar-refractivity contribution in [1.29, 1.82) is 0 Å². The molecule has 2 aromatic carbocycles. The van der Waals surface area contributed by atoms with Crippen molar-refractivity contribution >= 4 is 46.4 Å². The fourth-order valence-electron chi connectivity index (χ4n) is 2.17. The van der Waals surface area contributed by atoms with Crippen molar-refractivity contribution in [3.8, 4) is 0 Å². The van der Waals surface area contributed by atoms with Crippen LogP contribution in [-0.2, 0) is 0 Å². The minimum Gasteiger partial charge on any atom is -0.306 e. The molecule has 0 aromatic heterocycles. The largest absolute Gasteiger partial charge is 0.306 e. The van der Waals surface area contributed by atoms with Gasteiger partial charge in [0.15, 0.2) is 0 Å². The van der Waals surface area contributed by atoms with Gasteiger partial charge < -0.3 is 5.32 Å². The van der Waals surface area contributed by atoms with Gasteiger partial charge in [0.1, 0.15) is 0 Å². The average Bonchev–Trinajstić information content (AvgIpc) is 2.42. The van der Waals surface area contributed by atoms with Crippen LogP contribution in [-0.4, -0.2) is 6.54 Å². The van der Waals surface area contributed by atoms with Gasteiger partial charge in [0.25, 0.3) is 0 Å². The van der Waals surface area contributed by atoms with E-state index in [-0.39, 0.29) is 6.04 Å². The molecule has 0 saturated carbocycles. The molecule has 2 aromatic rings. The second-order valence-electron chi connectivity index (χ2n) is 4.76. The third kappa shape index (κ3) is 4.51. The molecule has 0 bridgehead atoms. The molecule has 0 amide bonds. The lowest BCUT2D eigenvalue weighted by Crippen LogP contribution is -2.23. The fraction of sp³-hybridized carbons (Fsp3) is 0.250. The number of benzene rings is 2. The third-order valence-electron chi connectivity index (χ3n) is 3.09. The van der Waals surface area contributed by atoms with E-state index < -0.39 is 0 Å². The number of rotatable bonds is 5. The van der Waals surface area contributed by atoms with E-state index in [1.165, 1.54) is 0 Å². The van der Waals surface area contributed by atoms with E-state index in [4.69, 9.17) is 46.4 Å². The summed E-state index contributed by atoms with van der Waals surface area (Å²) in [6.07, 6.45) is 1.00. The monoisotopic (exact) mass is 361 g/mol. The Morgan fingerprint density at radius 1 is 0.905 bits per heavy atom. The van der Waals surface area contributed by atoms with E-state index in [9.17, 15) is 0 Å². The van der Waals surface area contributed by atoms with E-state index >= 15 is 0 Å². The number of hydrogen-bond donors (Lipinski definition) is 1. The zero-order valence-corrected chi connectivity index (χ0v) is 14.5. The molecule has 0 heterocycles. The van der Waals surface area contributed by atoms with Crippen molar-refractivity contribution in [1.82, 2.24) is 5.32 Å². The number of nitrogens with one attached hydrogen (secondary N) is 1. The maximum absolute atomic E-state index is 6.33. The van der Waals surface area contributed by atoms with Gasteiger partial charge in [-0.15, -0.1) is 0 Å². The van der Waals surface area contributed by atoms with Gasteiger partial charge in [-0.25, -0.2) is 0 Å². The van der Waals surface area contributed by atoms with Crippen molar-refractivity contribution in [2.75, 3.05) is 6.54 Å². The highest BCUT2D eigenvalue weighted by atomic mass is 35.5. The smallest absolute Gasteiger partial charge is 0.0593 e. The van der Waals surface area contributed by atoms with Gasteiger partial charge in [0.2, 0.25) is 0 Å². The van der Waals surface area contributed by atoms with Crippen LogP contribution in [0.2, 0.25) is 20.1 Å². The molecule has 5 heteroatoms. The second-order valence-corrected chi connectivity index (χ2v) is 6.47. The lowest BCUT2D eigenvalue weighted by molar-refractivity contribution is 0.599. The molecule has 0 fully saturated rings. The van der Waals surface area contributed by atoms with E-state index in [1.807, 2.05) is 18.2 Å². The van der Waals surface area contributed by atoms with Crippen molar-refractivity contribution in [2.24, 2.45) is 0 Å². The Balaban J connectivity index is 2.49. The maximum atomic E-state index is 6.33. The van der Waals surface area contributed by atoms with Gasteiger partial charge in [0, 0.05) is 20.1 Å². The second kappa shape index (κ2) is 7.71. The summed E-state index contributed by atoms with van der Waals surface area (Å²) in [6.45, 7) is 2.95. The minimum absolute atomic E-state index is 0.104. The lowest BCUT2D eigenvalue weighted by Gasteiger charge is -2.21. The van der Waals surface area contributed by atoms with E-state index in [0.717, 1.165) is 24.1 Å². The summed E-state index contributed by atoms with van der Waals surface area (Å²) in [5.74, 6) is 0. The van der Waals surface area contributed by atoms with Crippen LogP contribution < -0.4 is 5.32 Å². The van der Waals surface area contributed by atoms with Crippen molar-refractivity contribution in [2.45, 2.75) is 19.4 Å². The van der Waals surface area contributed by atoms with Crippen molar-refractivity contribution in [3.63, 3.8) is 0 Å². The number of hydrogen-bond acceptors (Lipinski definition) is 1. The first-order valence-electron chi connectivity index (χ1n) is 6.65. The fourth-order valence-corrected chi connectivity index (χ4v) is 3.12. The average molecular weight is 363 g/mol. The first-order valence-corrected chi connectivity index (χ1v) is 8.16. The van der Waals surface area contributed by atoms with Crippen LogP contribution in [0.4, 0.5) is 0 Å². The minimum atomic E-state index is -0.104. The summed E-state index contributed by atoms with van der Waals surface area (Å²) in [6, 6.07) is 10.8. The molecule has 0 radical (unpaired) electrons. The molecule has 0 spiro atoms. The van der Waals surface area contributed by atoms with Crippen LogP contribution >= 0.6 is 46.4 Å². The standard InChI is InChI=1S/C16H15Cl4N/c1-2-5-21-16(10-6-12(18)8-13(19)7-10)14-9-11(17)3-4-15(14)20/h3-4,6-9,16,21H,2,5H2,1H3. The molecule has 1 N–H and O–H groups in total. The van der Waals surface area contributed by atoms with Crippen LogP contribution in [0.3, 0.4) is 0 Å². The lowest BCUT2D eigenvalue weighted by atomic mass is 9.98. The zero-order valence-electron chi connectivity index (χ0n) is 11.5. The molecule has 0 aliphatic rings. The zero-order chi connectivity index (χ0) is 15.4. The van der Waals surface area contributed by atoms with Crippen molar-refractivity contribution in [3.05, 3.63) is 67.6 Å². The molecule has 0 aliphatic carbocycles. The Morgan fingerprint density at radius 2 is 1.57 bits per heavy atom. The van der Waals surface area contributed by atoms with Gasteiger partial charge >= 0.3 is 0 Å². The first-order chi connectivity index (χ1) is 10.0. The maximum Gasteiger partial charge on any atom is 0.0593 e. The summed E-state index contributed by atoms with van der Waals surface area (Å²) in [7, 11) is 0. The predicted octanol–water partition coefficient (Wildman–Crippen LogP) is 6.39. The van der Waals surface area contributed by atoms with Gasteiger partial charge in [-0.2, -0.15) is 0 Å². The Kier molecular flexibility index (Phi) is 6.21. The molecule has 21 heavy (non-hydrogen) atoms. The molecule has 0 saturated heterocycles. The summed E-state index contributed by atoms with van der Waals surface area (Å²) in [5.41, 5.74) is 1.88. The Bertz CT molecular complexity index is 607. The Labute approximate surface area is 145 Å². The molecule has 112 valence electrons. The SMILES string of the molecule is CCCNC(c1cc(Cl)cc(Cl)c1)c1cc(Cl)ccc1Cl. The van der Waals surface area contributed by atoms with Crippen LogP contribution in [0.1, 0.15) is 30.5 Å². The quantitative estimate of drug-likeness (QED) is 0.649. The van der Waals surface area contributed by atoms with Crippen LogP contribution in [0.15, 0.2) is 36.4 Å². The summed E-state index contributed by atoms with van der Waals surface area (Å²) < 4.78 is 0. The van der Waals surface area contributed by atoms with Crippen LogP contribution in [0, 0.1) is 0 Å². The molecule has 0 aliphatic heterocycles. The topological polar surface area (TPSA) is 12.0 Å². The summed E-state index contributed by atoms with van der Waals surface area (Å²) >= 11 is 24.7. The van der Waals surface area contributed by atoms with Crippen LogP contribution in [0.5, 0.6) is 0 Å². The Hall–Kier alpha value is -0.440. The highest BCUT2D eigenvalue weighted by Gasteiger charge is 2.18. The highest BCUT2D eigenvalue weighted by molar-refractivity contribution is 6.35. The van der Waals surface area contributed by atoms with Gasteiger partial charge in [-0.3, -0.25) is 0 Å². The normalized spacial score (nSPS) is 12.4. The van der Waals surface area contributed by atoms with E-state index in [0.29, 0.717) is 20.1 Å². The van der Waals surface area contributed by atoms with E-state index in [2.05, 4.69) is 12.2 Å².